The van der Waals surface area contributed by atoms with Gasteiger partial charge in [-0.25, -0.2) is 0 Å². The Morgan fingerprint density at radius 3 is 2.32 bits per heavy atom. The average Bonchev–Trinajstić information content (AvgIpc) is 2.39. The van der Waals surface area contributed by atoms with E-state index in [1.165, 1.54) is 12.2 Å². The van der Waals surface area contributed by atoms with Crippen molar-refractivity contribution in [3.05, 3.63) is 53.6 Å². The summed E-state index contributed by atoms with van der Waals surface area (Å²) in [5.41, 5.74) is -2.20. The van der Waals surface area contributed by atoms with Gasteiger partial charge in [-0.1, -0.05) is 36.4 Å². The monoisotopic (exact) mass is 270 g/mol. The van der Waals surface area contributed by atoms with E-state index in [2.05, 4.69) is 0 Å². The van der Waals surface area contributed by atoms with Crippen LogP contribution >= 0.6 is 0 Å². The predicted molar refractivity (Wildman–Crippen MR) is 65.2 cm³/mol. The second-order valence-electron chi connectivity index (χ2n) is 4.53. The molecular weight excluding hydrogens is 257 g/mol. The Morgan fingerprint density at radius 1 is 1.16 bits per heavy atom. The lowest BCUT2D eigenvalue weighted by molar-refractivity contribution is -0.102. The molecule has 0 saturated carbocycles. The standard InChI is InChI=1S/C14H13F3O2/c15-14(16,17)12-8-13(19,9-18)7-6-11(12)10-4-2-1-3-5-10/h1-7,18-19H,8-9H2. The number of benzene rings is 1. The highest BCUT2D eigenvalue weighted by Gasteiger charge is 2.42. The second kappa shape index (κ2) is 4.83. The fourth-order valence-corrected chi connectivity index (χ4v) is 2.05. The van der Waals surface area contributed by atoms with Crippen molar-refractivity contribution in [2.45, 2.75) is 18.2 Å². The summed E-state index contributed by atoms with van der Waals surface area (Å²) in [7, 11) is 0. The Balaban J connectivity index is 2.52. The lowest BCUT2D eigenvalue weighted by Crippen LogP contribution is -2.36. The predicted octanol–water partition coefficient (Wildman–Crippen LogP) is 2.69. The van der Waals surface area contributed by atoms with Crippen LogP contribution in [0.1, 0.15) is 12.0 Å². The molecule has 0 aromatic heterocycles. The van der Waals surface area contributed by atoms with E-state index >= 15 is 0 Å². The highest BCUT2D eigenvalue weighted by Crippen LogP contribution is 2.41. The first kappa shape index (κ1) is 13.8. The fourth-order valence-electron chi connectivity index (χ4n) is 2.05. The van der Waals surface area contributed by atoms with Crippen LogP contribution in [0.2, 0.25) is 0 Å². The van der Waals surface area contributed by atoms with E-state index in [1.807, 2.05) is 0 Å². The molecule has 0 spiro atoms. The number of hydrogen-bond acceptors (Lipinski definition) is 2. The minimum absolute atomic E-state index is 0.0335. The molecule has 0 radical (unpaired) electrons. The van der Waals surface area contributed by atoms with Gasteiger partial charge in [0, 0.05) is 12.0 Å². The summed E-state index contributed by atoms with van der Waals surface area (Å²) < 4.78 is 39.2. The molecule has 5 heteroatoms. The maximum atomic E-state index is 13.1. The van der Waals surface area contributed by atoms with Crippen molar-refractivity contribution >= 4 is 5.57 Å². The first-order chi connectivity index (χ1) is 8.86. The lowest BCUT2D eigenvalue weighted by Gasteiger charge is -2.30. The molecule has 0 fully saturated rings. The molecule has 0 amide bonds. The smallest absolute Gasteiger partial charge is 0.393 e. The van der Waals surface area contributed by atoms with Gasteiger partial charge < -0.3 is 10.2 Å². The normalized spacial score (nSPS) is 23.8. The van der Waals surface area contributed by atoms with Crippen LogP contribution in [0.15, 0.2) is 48.1 Å². The molecule has 0 aliphatic heterocycles. The van der Waals surface area contributed by atoms with Crippen molar-refractivity contribution in [2.24, 2.45) is 0 Å². The van der Waals surface area contributed by atoms with E-state index in [1.54, 1.807) is 30.3 Å². The molecule has 19 heavy (non-hydrogen) atoms. The molecule has 0 bridgehead atoms. The van der Waals surface area contributed by atoms with Gasteiger partial charge in [0.05, 0.1) is 6.61 Å². The van der Waals surface area contributed by atoms with Gasteiger partial charge in [-0.05, 0) is 17.2 Å². The first-order valence-corrected chi connectivity index (χ1v) is 5.74. The Kier molecular flexibility index (Phi) is 3.52. The molecule has 1 aliphatic carbocycles. The number of alkyl halides is 3. The van der Waals surface area contributed by atoms with Gasteiger partial charge in [0.25, 0.3) is 0 Å². The number of aliphatic hydroxyl groups is 2. The Bertz CT molecular complexity index is 517. The largest absolute Gasteiger partial charge is 0.413 e. The van der Waals surface area contributed by atoms with Gasteiger partial charge >= 0.3 is 6.18 Å². The third-order valence-electron chi connectivity index (χ3n) is 3.07. The fraction of sp³-hybridized carbons (Fsp3) is 0.286. The zero-order valence-corrected chi connectivity index (χ0v) is 9.98. The van der Waals surface area contributed by atoms with Gasteiger partial charge in [0.2, 0.25) is 0 Å². The SMILES string of the molecule is OCC1(O)C=CC(c2ccccc2)=C(C(F)(F)F)C1. The molecule has 1 atom stereocenters. The molecule has 1 unspecified atom stereocenters. The Morgan fingerprint density at radius 2 is 1.79 bits per heavy atom. The van der Waals surface area contributed by atoms with Gasteiger partial charge in [0.15, 0.2) is 0 Å². The van der Waals surface area contributed by atoms with Gasteiger partial charge in [-0.2, -0.15) is 13.2 Å². The van der Waals surface area contributed by atoms with E-state index in [0.717, 1.165) is 0 Å². The summed E-state index contributed by atoms with van der Waals surface area (Å²) in [6.45, 7) is -0.745. The average molecular weight is 270 g/mol. The molecule has 0 heterocycles. The number of hydrogen-bond donors (Lipinski definition) is 2. The van der Waals surface area contributed by atoms with Crippen molar-refractivity contribution in [1.82, 2.24) is 0 Å². The maximum absolute atomic E-state index is 13.1. The lowest BCUT2D eigenvalue weighted by atomic mass is 9.84. The van der Waals surface area contributed by atoms with Crippen molar-refractivity contribution in [3.63, 3.8) is 0 Å². The van der Waals surface area contributed by atoms with Crippen LogP contribution in [0.3, 0.4) is 0 Å². The van der Waals surface area contributed by atoms with E-state index < -0.39 is 30.4 Å². The Hall–Kier alpha value is -1.59. The molecule has 2 nitrogen and oxygen atoms in total. The minimum Gasteiger partial charge on any atom is -0.393 e. The summed E-state index contributed by atoms with van der Waals surface area (Å²) in [5.74, 6) is 0. The summed E-state index contributed by atoms with van der Waals surface area (Å²) >= 11 is 0. The summed E-state index contributed by atoms with van der Waals surface area (Å²) in [6.07, 6.45) is -2.75. The summed E-state index contributed by atoms with van der Waals surface area (Å²) in [5, 5.41) is 18.8. The van der Waals surface area contributed by atoms with E-state index in [0.29, 0.717) is 5.56 Å². The second-order valence-corrected chi connectivity index (χ2v) is 4.53. The third-order valence-corrected chi connectivity index (χ3v) is 3.07. The van der Waals surface area contributed by atoms with Crippen LogP contribution in [-0.2, 0) is 0 Å². The summed E-state index contributed by atoms with van der Waals surface area (Å²) in [4.78, 5) is 0. The van der Waals surface area contributed by atoms with Crippen molar-refractivity contribution in [3.8, 4) is 0 Å². The molecule has 2 rings (SSSR count). The molecule has 1 aliphatic rings. The number of allylic oxidation sites excluding steroid dienone is 2. The molecule has 1 aromatic rings. The summed E-state index contributed by atoms with van der Waals surface area (Å²) in [6, 6.07) is 8.17. The molecule has 1 aromatic carbocycles. The number of aliphatic hydroxyl groups excluding tert-OH is 1. The van der Waals surface area contributed by atoms with Crippen molar-refractivity contribution in [2.75, 3.05) is 6.61 Å². The zero-order valence-electron chi connectivity index (χ0n) is 9.98. The van der Waals surface area contributed by atoms with Crippen molar-refractivity contribution < 1.29 is 23.4 Å². The Labute approximate surface area is 108 Å². The van der Waals surface area contributed by atoms with Gasteiger partial charge in [0.1, 0.15) is 5.60 Å². The van der Waals surface area contributed by atoms with Crippen LogP contribution in [0, 0.1) is 0 Å². The molecule has 102 valence electrons. The molecule has 0 saturated heterocycles. The van der Waals surface area contributed by atoms with Gasteiger partial charge in [-0.3, -0.25) is 0 Å². The van der Waals surface area contributed by atoms with E-state index in [-0.39, 0.29) is 5.57 Å². The van der Waals surface area contributed by atoms with E-state index in [4.69, 9.17) is 5.11 Å². The van der Waals surface area contributed by atoms with E-state index in [9.17, 15) is 18.3 Å². The highest BCUT2D eigenvalue weighted by molar-refractivity contribution is 5.79. The van der Waals surface area contributed by atoms with Crippen LogP contribution in [-0.4, -0.2) is 28.6 Å². The topological polar surface area (TPSA) is 40.5 Å². The van der Waals surface area contributed by atoms with Gasteiger partial charge in [-0.15, -0.1) is 0 Å². The first-order valence-electron chi connectivity index (χ1n) is 5.74. The zero-order chi connectivity index (χ0) is 14.1. The van der Waals surface area contributed by atoms with Crippen LogP contribution < -0.4 is 0 Å². The van der Waals surface area contributed by atoms with Crippen LogP contribution in [0.5, 0.6) is 0 Å². The number of halogens is 3. The quantitative estimate of drug-likeness (QED) is 0.867. The van der Waals surface area contributed by atoms with Crippen LogP contribution in [0.4, 0.5) is 13.2 Å². The molecular formula is C14H13F3O2. The van der Waals surface area contributed by atoms with Crippen molar-refractivity contribution in [1.29, 1.82) is 0 Å². The number of rotatable bonds is 2. The minimum atomic E-state index is -4.54. The highest BCUT2D eigenvalue weighted by atomic mass is 19.4. The molecule has 2 N–H and O–H groups in total. The maximum Gasteiger partial charge on any atom is 0.413 e. The van der Waals surface area contributed by atoms with Crippen LogP contribution in [0.25, 0.3) is 5.57 Å². The third kappa shape index (κ3) is 2.88.